The molecule has 0 aromatic heterocycles. The molecule has 0 amide bonds. The molecule has 4 aliphatic rings. The normalized spacial score (nSPS) is 33.0. The molecule has 0 spiro atoms. The molecule has 4 aliphatic carbocycles. The second-order valence-corrected chi connectivity index (χ2v) is 7.10. The molecule has 0 unspecified atom stereocenters. The minimum absolute atomic E-state index is 0.692. The van der Waals surface area contributed by atoms with Gasteiger partial charge in [0.15, 0.2) is 0 Å². The molecule has 4 rings (SSSR count). The Morgan fingerprint density at radius 2 is 0.714 bits per heavy atom. The van der Waals surface area contributed by atoms with E-state index in [2.05, 4.69) is 0 Å². The fraction of sp³-hybridized carbons (Fsp3) is 1.00. The zero-order valence-corrected chi connectivity index (χ0v) is 13.5. The van der Waals surface area contributed by atoms with Gasteiger partial charge in [-0.3, -0.25) is 60.7 Å². The summed E-state index contributed by atoms with van der Waals surface area (Å²) in [6, 6.07) is 0. The van der Waals surface area contributed by atoms with Crippen molar-refractivity contribution < 1.29 is 29.5 Å². The van der Waals surface area contributed by atoms with Crippen LogP contribution < -0.4 is 0 Å². The fourth-order valence-corrected chi connectivity index (χ4v) is 5.74. The summed E-state index contributed by atoms with van der Waals surface area (Å²) in [5.74, 6) is -8.31. The van der Waals surface area contributed by atoms with Gasteiger partial charge in [-0.2, -0.15) is 0 Å². The first-order valence-electron chi connectivity index (χ1n) is 7.71. The lowest BCUT2D eigenvalue weighted by atomic mass is 9.43. The summed E-state index contributed by atoms with van der Waals surface area (Å²) in [5, 5.41) is 70.2. The lowest BCUT2D eigenvalue weighted by Crippen LogP contribution is -2.85. The Morgan fingerprint density at radius 1 is 0.464 bits per heavy atom. The molecule has 4 saturated carbocycles. The highest BCUT2D eigenvalue weighted by molar-refractivity contribution is 5.16. The monoisotopic (exact) mass is 406 g/mol. The number of nitrogens with zero attached hydrogens (tertiary/aromatic N) is 6. The third kappa shape index (κ3) is 1.59. The summed E-state index contributed by atoms with van der Waals surface area (Å²) >= 11 is 0. The van der Waals surface area contributed by atoms with Crippen LogP contribution in [0, 0.1) is 84.4 Å². The first-order chi connectivity index (χ1) is 12.8. The maximum absolute atomic E-state index is 11.8. The molecule has 0 N–H and O–H groups in total. The van der Waals surface area contributed by atoms with Gasteiger partial charge < -0.3 is 0 Å². The van der Waals surface area contributed by atoms with Gasteiger partial charge in [-0.25, -0.2) is 0 Å². The van der Waals surface area contributed by atoms with Gasteiger partial charge in [0.05, 0.1) is 19.7 Å². The van der Waals surface area contributed by atoms with E-state index >= 15 is 0 Å². The van der Waals surface area contributed by atoms with Crippen LogP contribution in [-0.4, -0.2) is 46.5 Å². The van der Waals surface area contributed by atoms with Gasteiger partial charge in [0.1, 0.15) is 21.7 Å². The summed E-state index contributed by atoms with van der Waals surface area (Å²) in [5.41, 5.74) is -10.5. The van der Waals surface area contributed by atoms with Crippen LogP contribution in [0.4, 0.5) is 0 Å². The average Bonchev–Trinajstić information content (AvgIpc) is 2.52. The summed E-state index contributed by atoms with van der Waals surface area (Å²) in [6.45, 7) is 0. The molecule has 18 nitrogen and oxygen atoms in total. The molecule has 0 aromatic carbocycles. The molecule has 0 heterocycles. The molecule has 4 fully saturated rings. The second kappa shape index (κ2) is 5.23. The second-order valence-electron chi connectivity index (χ2n) is 7.10. The number of hydrogen-bond acceptors (Lipinski definition) is 12. The Bertz CT molecular complexity index is 760. The third-order valence-electron chi connectivity index (χ3n) is 6.62. The van der Waals surface area contributed by atoms with E-state index < -0.39 is 89.5 Å². The molecule has 4 bridgehead atoms. The van der Waals surface area contributed by atoms with E-state index in [1.807, 2.05) is 0 Å². The van der Waals surface area contributed by atoms with Gasteiger partial charge in [-0.15, -0.1) is 0 Å². The highest BCUT2D eigenvalue weighted by Crippen LogP contribution is 2.68. The highest BCUT2D eigenvalue weighted by Gasteiger charge is 3.01. The van der Waals surface area contributed by atoms with Crippen LogP contribution in [0.2, 0.25) is 0 Å². The van der Waals surface area contributed by atoms with Crippen LogP contribution in [-0.2, 0) is 0 Å². The van der Waals surface area contributed by atoms with Crippen LogP contribution >= 0.6 is 0 Å². The summed E-state index contributed by atoms with van der Waals surface area (Å²) in [7, 11) is 0. The van der Waals surface area contributed by atoms with Gasteiger partial charge in [0, 0.05) is 0 Å². The van der Waals surface area contributed by atoms with Crippen LogP contribution in [0.25, 0.3) is 0 Å². The Labute approximate surface area is 151 Å². The Kier molecular flexibility index (Phi) is 3.58. The molecule has 0 radical (unpaired) electrons. The Hall–Kier alpha value is -3.60. The molecule has 28 heavy (non-hydrogen) atoms. The SMILES string of the molecule is O=[N+]([O-])C1([N+](=O)[O-])[C@H]2C[C@H]3C[C@H]1C([N+](=O)[O-])([N+](=O)[O-])[C@@H](C2)C3([N+](=O)[O-])[N+](=O)[O-]. The van der Waals surface area contributed by atoms with Gasteiger partial charge in [0.25, 0.3) is 0 Å². The van der Waals surface area contributed by atoms with E-state index in [4.69, 9.17) is 0 Å². The predicted molar refractivity (Wildman–Crippen MR) is 78.0 cm³/mol. The zero-order valence-electron chi connectivity index (χ0n) is 13.5. The summed E-state index contributed by atoms with van der Waals surface area (Å²) < 4.78 is 0. The van der Waals surface area contributed by atoms with E-state index in [1.165, 1.54) is 0 Å². The minimum Gasteiger partial charge on any atom is -0.258 e. The van der Waals surface area contributed by atoms with Crippen molar-refractivity contribution in [2.24, 2.45) is 23.7 Å². The van der Waals surface area contributed by atoms with Gasteiger partial charge in [-0.1, -0.05) is 0 Å². The highest BCUT2D eigenvalue weighted by atomic mass is 16.7. The molecule has 18 heteroatoms. The lowest BCUT2D eigenvalue weighted by molar-refractivity contribution is -0.923. The molecule has 4 atom stereocenters. The van der Waals surface area contributed by atoms with Crippen molar-refractivity contribution >= 4 is 0 Å². The topological polar surface area (TPSA) is 259 Å². The minimum atomic E-state index is -3.83. The van der Waals surface area contributed by atoms with Crippen LogP contribution in [0.15, 0.2) is 0 Å². The Morgan fingerprint density at radius 3 is 0.929 bits per heavy atom. The molecule has 0 saturated heterocycles. The fourth-order valence-electron chi connectivity index (χ4n) is 5.74. The van der Waals surface area contributed by atoms with E-state index in [0.29, 0.717) is 0 Å². The van der Waals surface area contributed by atoms with Crippen molar-refractivity contribution in [3.05, 3.63) is 60.7 Å². The van der Waals surface area contributed by atoms with Gasteiger partial charge in [0.2, 0.25) is 11.8 Å². The number of hydrogen-bond donors (Lipinski definition) is 0. The summed E-state index contributed by atoms with van der Waals surface area (Å²) in [6.07, 6.45) is -2.97. The largest absolute Gasteiger partial charge is 0.492 e. The van der Waals surface area contributed by atoms with Crippen LogP contribution in [0.1, 0.15) is 19.3 Å². The lowest BCUT2D eigenvalue weighted by Gasteiger charge is -2.52. The van der Waals surface area contributed by atoms with Gasteiger partial charge in [-0.05, 0) is 19.3 Å². The molecular weight excluding hydrogens is 396 g/mol. The van der Waals surface area contributed by atoms with E-state index in [-0.39, 0.29) is 0 Å². The first kappa shape index (κ1) is 19.2. The zero-order chi connectivity index (χ0) is 21.4. The van der Waals surface area contributed by atoms with Crippen molar-refractivity contribution in [2.75, 3.05) is 0 Å². The van der Waals surface area contributed by atoms with Gasteiger partial charge >= 0.3 is 17.0 Å². The molecule has 0 aromatic rings. The number of nitro groups is 6. The van der Waals surface area contributed by atoms with E-state index in [0.717, 1.165) is 0 Å². The van der Waals surface area contributed by atoms with Crippen molar-refractivity contribution in [1.29, 1.82) is 0 Å². The van der Waals surface area contributed by atoms with Crippen LogP contribution in [0.3, 0.4) is 0 Å². The van der Waals surface area contributed by atoms with Crippen LogP contribution in [0.5, 0.6) is 0 Å². The van der Waals surface area contributed by atoms with Crippen molar-refractivity contribution in [1.82, 2.24) is 0 Å². The predicted octanol–water partition coefficient (Wildman–Crippen LogP) is -0.589. The quantitative estimate of drug-likeness (QED) is 0.304. The third-order valence-corrected chi connectivity index (χ3v) is 6.62. The molecule has 0 aliphatic heterocycles. The smallest absolute Gasteiger partial charge is 0.258 e. The van der Waals surface area contributed by atoms with E-state index in [1.54, 1.807) is 0 Å². The summed E-state index contributed by atoms with van der Waals surface area (Å²) in [4.78, 5) is 61.1. The maximum Gasteiger partial charge on any atom is 0.492 e. The van der Waals surface area contributed by atoms with E-state index in [9.17, 15) is 60.7 Å². The standard InChI is InChI=1S/C10H10N6O12/c17-11(18)8(12(19)20)4-1-5-3-7(8)10(15(25)26,16(27)28)6(2-4)9(5,13(21)22)14(23)24/h4-7H,1-3H2/t4-,5-,6-,7+/m0/s1. The van der Waals surface area contributed by atoms with Crippen molar-refractivity contribution in [3.63, 3.8) is 0 Å². The van der Waals surface area contributed by atoms with Crippen molar-refractivity contribution in [2.45, 2.75) is 36.3 Å². The maximum atomic E-state index is 11.8. The number of rotatable bonds is 6. The average molecular weight is 406 g/mol. The molecule has 152 valence electrons. The molecular formula is C10H10N6O12. The Balaban J connectivity index is 2.43. The first-order valence-corrected chi connectivity index (χ1v) is 7.71. The van der Waals surface area contributed by atoms with Crippen molar-refractivity contribution in [3.8, 4) is 0 Å².